The number of likely N-dealkylation sites (tertiary alicyclic amines) is 1. The summed E-state index contributed by atoms with van der Waals surface area (Å²) in [6, 6.07) is 1.16. The maximum Gasteiger partial charge on any atom is 0.0472 e. The summed E-state index contributed by atoms with van der Waals surface area (Å²) in [5, 5.41) is 0. The molecule has 2 N–H and O–H groups in total. The molecule has 1 saturated carbocycles. The van der Waals surface area contributed by atoms with Gasteiger partial charge in [-0.3, -0.25) is 4.90 Å². The molecule has 3 rings (SSSR count). The first-order chi connectivity index (χ1) is 8.54. The second-order valence-corrected chi connectivity index (χ2v) is 7.40. The van der Waals surface area contributed by atoms with Crippen molar-refractivity contribution < 1.29 is 4.74 Å². The van der Waals surface area contributed by atoms with Crippen LogP contribution >= 0.6 is 0 Å². The molecule has 1 aliphatic carbocycles. The zero-order valence-corrected chi connectivity index (χ0v) is 12.0. The van der Waals surface area contributed by atoms with E-state index < -0.39 is 0 Å². The van der Waals surface area contributed by atoms with Crippen molar-refractivity contribution in [3.05, 3.63) is 0 Å². The van der Waals surface area contributed by atoms with E-state index in [1.165, 1.54) is 45.2 Å². The van der Waals surface area contributed by atoms with Crippen LogP contribution in [0.4, 0.5) is 0 Å². The van der Waals surface area contributed by atoms with Gasteiger partial charge in [-0.15, -0.1) is 0 Å². The molecule has 3 nitrogen and oxygen atoms in total. The fraction of sp³-hybridized carbons (Fsp3) is 1.00. The topological polar surface area (TPSA) is 38.5 Å². The van der Waals surface area contributed by atoms with Gasteiger partial charge in [-0.1, -0.05) is 13.8 Å². The molecule has 3 heteroatoms. The smallest absolute Gasteiger partial charge is 0.0472 e. The predicted octanol–water partition coefficient (Wildman–Crippen LogP) is 2.00. The van der Waals surface area contributed by atoms with Crippen LogP contribution in [0.1, 0.15) is 46.0 Å². The van der Waals surface area contributed by atoms with Crippen molar-refractivity contribution in [1.82, 2.24) is 4.90 Å². The van der Waals surface area contributed by atoms with E-state index >= 15 is 0 Å². The Kier molecular flexibility index (Phi) is 3.20. The van der Waals surface area contributed by atoms with Crippen LogP contribution in [0.2, 0.25) is 0 Å². The molecule has 2 atom stereocenters. The Morgan fingerprint density at radius 3 is 2.22 bits per heavy atom. The van der Waals surface area contributed by atoms with Crippen LogP contribution in [0.3, 0.4) is 0 Å². The second kappa shape index (κ2) is 4.46. The summed E-state index contributed by atoms with van der Waals surface area (Å²) < 4.78 is 5.54. The highest BCUT2D eigenvalue weighted by molar-refractivity contribution is 5.11. The number of nitrogens with zero attached hydrogens (tertiary/aromatic N) is 1. The number of hydrogen-bond acceptors (Lipinski definition) is 3. The lowest BCUT2D eigenvalue weighted by Crippen LogP contribution is -2.69. The quantitative estimate of drug-likeness (QED) is 0.776. The van der Waals surface area contributed by atoms with Crippen LogP contribution in [0.25, 0.3) is 0 Å². The Labute approximate surface area is 111 Å². The molecule has 0 amide bonds. The molecular formula is C15H28N2O. The van der Waals surface area contributed by atoms with E-state index in [9.17, 15) is 0 Å². The highest BCUT2D eigenvalue weighted by Crippen LogP contribution is 2.51. The van der Waals surface area contributed by atoms with Crippen molar-refractivity contribution in [2.45, 2.75) is 58.0 Å². The molecule has 2 aliphatic heterocycles. The molecule has 2 unspecified atom stereocenters. The highest BCUT2D eigenvalue weighted by atomic mass is 16.5. The van der Waals surface area contributed by atoms with Gasteiger partial charge in [0.25, 0.3) is 0 Å². The molecule has 0 aromatic rings. The Morgan fingerprint density at radius 2 is 1.67 bits per heavy atom. The lowest BCUT2D eigenvalue weighted by molar-refractivity contribution is -0.122. The lowest BCUT2D eigenvalue weighted by Gasteiger charge is -2.61. The third-order valence-corrected chi connectivity index (χ3v) is 5.90. The maximum absolute atomic E-state index is 6.36. The fourth-order valence-corrected chi connectivity index (χ4v) is 4.21. The molecule has 3 aliphatic rings. The summed E-state index contributed by atoms with van der Waals surface area (Å²) >= 11 is 0. The highest BCUT2D eigenvalue weighted by Gasteiger charge is 2.56. The molecule has 104 valence electrons. The lowest BCUT2D eigenvalue weighted by atomic mass is 9.56. The van der Waals surface area contributed by atoms with E-state index in [4.69, 9.17) is 10.5 Å². The number of rotatable bonds is 1. The molecule has 0 radical (unpaired) electrons. The average Bonchev–Trinajstić information content (AvgIpc) is 2.38. The van der Waals surface area contributed by atoms with E-state index in [1.54, 1.807) is 0 Å². The van der Waals surface area contributed by atoms with Gasteiger partial charge < -0.3 is 10.5 Å². The molecule has 3 fully saturated rings. The van der Waals surface area contributed by atoms with Crippen molar-refractivity contribution >= 4 is 0 Å². The first-order valence-corrected chi connectivity index (χ1v) is 7.61. The minimum Gasteiger partial charge on any atom is -0.381 e. The Hall–Kier alpha value is -0.120. The molecule has 0 bridgehead atoms. The monoisotopic (exact) mass is 252 g/mol. The Bertz CT molecular complexity index is 300. The van der Waals surface area contributed by atoms with Gasteiger partial charge in [-0.05, 0) is 50.6 Å². The minimum absolute atomic E-state index is 0.389. The molecule has 2 saturated heterocycles. The van der Waals surface area contributed by atoms with Gasteiger partial charge in [0.1, 0.15) is 0 Å². The second-order valence-electron chi connectivity index (χ2n) is 7.40. The summed E-state index contributed by atoms with van der Waals surface area (Å²) in [6.07, 6.45) is 6.24. The van der Waals surface area contributed by atoms with Crippen LogP contribution in [-0.4, -0.2) is 43.3 Å². The fourth-order valence-electron chi connectivity index (χ4n) is 4.21. The summed E-state index contributed by atoms with van der Waals surface area (Å²) in [4.78, 5) is 2.74. The summed E-state index contributed by atoms with van der Waals surface area (Å²) in [6.45, 7) is 9.19. The van der Waals surface area contributed by atoms with E-state index in [1.807, 2.05) is 0 Å². The van der Waals surface area contributed by atoms with Crippen molar-refractivity contribution in [2.75, 3.05) is 26.3 Å². The third kappa shape index (κ3) is 2.00. The molecule has 1 spiro atoms. The SMILES string of the molecule is CC1(C)CCN(C2CC(N)C23CCOCC3)CC1. The van der Waals surface area contributed by atoms with Gasteiger partial charge in [0.2, 0.25) is 0 Å². The van der Waals surface area contributed by atoms with E-state index in [0.29, 0.717) is 16.9 Å². The Balaban J connectivity index is 1.66. The normalized spacial score (nSPS) is 39.5. The number of ether oxygens (including phenoxy) is 1. The van der Waals surface area contributed by atoms with Gasteiger partial charge >= 0.3 is 0 Å². The molecular weight excluding hydrogens is 224 g/mol. The number of piperidine rings is 1. The standard InChI is InChI=1S/C15H28N2O/c1-14(2)3-7-17(8-4-14)13-11-12(16)15(13)5-9-18-10-6-15/h12-13H,3-11,16H2,1-2H3. The van der Waals surface area contributed by atoms with Crippen LogP contribution in [-0.2, 0) is 4.74 Å². The molecule has 0 aromatic heterocycles. The Morgan fingerprint density at radius 1 is 1.06 bits per heavy atom. The van der Waals surface area contributed by atoms with Gasteiger partial charge in [-0.2, -0.15) is 0 Å². The van der Waals surface area contributed by atoms with Gasteiger partial charge in [0, 0.05) is 30.7 Å². The van der Waals surface area contributed by atoms with Gasteiger partial charge in [0.15, 0.2) is 0 Å². The zero-order chi connectivity index (χ0) is 12.8. The molecule has 2 heterocycles. The molecule has 18 heavy (non-hydrogen) atoms. The minimum atomic E-state index is 0.389. The van der Waals surface area contributed by atoms with Gasteiger partial charge in [-0.25, -0.2) is 0 Å². The van der Waals surface area contributed by atoms with E-state index in [2.05, 4.69) is 18.7 Å². The van der Waals surface area contributed by atoms with Crippen molar-refractivity contribution in [3.8, 4) is 0 Å². The first-order valence-electron chi connectivity index (χ1n) is 7.61. The van der Waals surface area contributed by atoms with E-state index in [0.717, 1.165) is 19.3 Å². The van der Waals surface area contributed by atoms with Crippen LogP contribution in [0, 0.1) is 10.8 Å². The summed E-state index contributed by atoms with van der Waals surface area (Å²) in [5.41, 5.74) is 7.29. The summed E-state index contributed by atoms with van der Waals surface area (Å²) in [7, 11) is 0. The van der Waals surface area contributed by atoms with Crippen LogP contribution < -0.4 is 5.73 Å². The number of nitrogens with two attached hydrogens (primary N) is 1. The maximum atomic E-state index is 6.36. The zero-order valence-electron chi connectivity index (χ0n) is 12.0. The van der Waals surface area contributed by atoms with Crippen LogP contribution in [0.5, 0.6) is 0 Å². The van der Waals surface area contributed by atoms with Crippen molar-refractivity contribution in [3.63, 3.8) is 0 Å². The first kappa shape index (κ1) is 12.9. The van der Waals surface area contributed by atoms with Gasteiger partial charge in [0.05, 0.1) is 0 Å². The van der Waals surface area contributed by atoms with Crippen molar-refractivity contribution in [2.24, 2.45) is 16.6 Å². The largest absolute Gasteiger partial charge is 0.381 e. The van der Waals surface area contributed by atoms with Crippen molar-refractivity contribution in [1.29, 1.82) is 0 Å². The van der Waals surface area contributed by atoms with E-state index in [-0.39, 0.29) is 0 Å². The third-order valence-electron chi connectivity index (χ3n) is 5.90. The average molecular weight is 252 g/mol. The van der Waals surface area contributed by atoms with Crippen LogP contribution in [0.15, 0.2) is 0 Å². The number of hydrogen-bond donors (Lipinski definition) is 1. The molecule has 0 aromatic carbocycles. The predicted molar refractivity (Wildman–Crippen MR) is 73.5 cm³/mol. The summed E-state index contributed by atoms with van der Waals surface area (Å²) in [5.74, 6) is 0.